The second-order valence-corrected chi connectivity index (χ2v) is 13.2. The summed E-state index contributed by atoms with van der Waals surface area (Å²) in [5.41, 5.74) is 11.1. The van der Waals surface area contributed by atoms with Crippen molar-refractivity contribution < 1.29 is 4.42 Å². The number of rotatable bonds is 6. The van der Waals surface area contributed by atoms with Crippen molar-refractivity contribution in [3.8, 4) is 67.5 Å². The predicted molar refractivity (Wildman–Crippen MR) is 217 cm³/mol. The lowest BCUT2D eigenvalue weighted by Gasteiger charge is -2.14. The van der Waals surface area contributed by atoms with Gasteiger partial charge in [0, 0.05) is 32.8 Å². The molecule has 4 nitrogen and oxygen atoms in total. The smallest absolute Gasteiger partial charge is 0.164 e. The molecule has 0 atom stereocenters. The zero-order valence-corrected chi connectivity index (χ0v) is 28.6. The van der Waals surface area contributed by atoms with Crippen molar-refractivity contribution in [3.63, 3.8) is 0 Å². The number of benzene rings is 8. The van der Waals surface area contributed by atoms with Crippen LogP contribution in [-0.4, -0.2) is 15.0 Å². The quantitative estimate of drug-likeness (QED) is 0.176. The van der Waals surface area contributed by atoms with E-state index in [-0.39, 0.29) is 0 Å². The van der Waals surface area contributed by atoms with E-state index >= 15 is 0 Å². The van der Waals surface area contributed by atoms with E-state index < -0.39 is 0 Å². The molecule has 0 N–H and O–H groups in total. The molecule has 0 bridgehead atoms. The Bertz CT molecular complexity index is 2830. The second-order valence-electron chi connectivity index (χ2n) is 13.2. The van der Waals surface area contributed by atoms with Crippen molar-refractivity contribution in [3.05, 3.63) is 188 Å². The molecule has 248 valence electrons. The summed E-state index contributed by atoms with van der Waals surface area (Å²) in [4.78, 5) is 15.7. The first-order chi connectivity index (χ1) is 26.3. The van der Waals surface area contributed by atoms with Gasteiger partial charge in [-0.15, -0.1) is 0 Å². The van der Waals surface area contributed by atoms with Crippen LogP contribution >= 0.6 is 0 Å². The summed E-state index contributed by atoms with van der Waals surface area (Å²) in [6.07, 6.45) is 0. The molecule has 0 aliphatic rings. The Morgan fingerprint density at radius 3 is 1.40 bits per heavy atom. The molecule has 0 aliphatic carbocycles. The highest BCUT2D eigenvalue weighted by molar-refractivity contribution is 6.22. The first-order valence-corrected chi connectivity index (χ1v) is 17.8. The molecular weight excluding hydrogens is 647 g/mol. The summed E-state index contributed by atoms with van der Waals surface area (Å²) in [5, 5.41) is 4.11. The van der Waals surface area contributed by atoms with Crippen molar-refractivity contribution in [2.75, 3.05) is 0 Å². The Labute approximate surface area is 306 Å². The van der Waals surface area contributed by atoms with Crippen LogP contribution in [0.5, 0.6) is 0 Å². The summed E-state index contributed by atoms with van der Waals surface area (Å²) in [7, 11) is 0. The number of hydrogen-bond acceptors (Lipinski definition) is 4. The van der Waals surface area contributed by atoms with Crippen LogP contribution in [0.1, 0.15) is 0 Å². The molecular formula is C49H31N3O. The van der Waals surface area contributed by atoms with Crippen molar-refractivity contribution in [2.24, 2.45) is 0 Å². The first-order valence-electron chi connectivity index (χ1n) is 17.8. The number of hydrogen-bond donors (Lipinski definition) is 0. The second kappa shape index (κ2) is 12.9. The lowest BCUT2D eigenvalue weighted by Crippen LogP contribution is -2.01. The molecule has 10 aromatic rings. The van der Waals surface area contributed by atoms with Crippen molar-refractivity contribution in [1.82, 2.24) is 15.0 Å². The highest BCUT2D eigenvalue weighted by atomic mass is 16.3. The number of para-hydroxylation sites is 1. The lowest BCUT2D eigenvalue weighted by atomic mass is 9.93. The summed E-state index contributed by atoms with van der Waals surface area (Å²) in [6, 6.07) is 65.0. The van der Waals surface area contributed by atoms with Crippen LogP contribution < -0.4 is 0 Å². The van der Waals surface area contributed by atoms with Gasteiger partial charge < -0.3 is 4.42 Å². The molecule has 0 saturated heterocycles. The molecule has 8 aromatic carbocycles. The molecule has 2 aromatic heterocycles. The topological polar surface area (TPSA) is 51.8 Å². The normalized spacial score (nSPS) is 11.4. The zero-order chi connectivity index (χ0) is 35.1. The summed E-state index contributed by atoms with van der Waals surface area (Å²) in [5.74, 6) is 1.82. The van der Waals surface area contributed by atoms with Crippen LogP contribution in [0.3, 0.4) is 0 Å². The van der Waals surface area contributed by atoms with Crippen LogP contribution in [0, 0.1) is 0 Å². The highest BCUT2D eigenvalue weighted by Gasteiger charge is 2.21. The third-order valence-corrected chi connectivity index (χ3v) is 9.92. The maximum absolute atomic E-state index is 6.66. The average Bonchev–Trinajstić information content (AvgIpc) is 3.63. The zero-order valence-electron chi connectivity index (χ0n) is 28.6. The van der Waals surface area contributed by atoms with Crippen molar-refractivity contribution >= 4 is 32.7 Å². The maximum atomic E-state index is 6.66. The molecule has 0 radical (unpaired) electrons. The minimum Gasteiger partial charge on any atom is -0.455 e. The highest BCUT2D eigenvalue weighted by Crippen LogP contribution is 2.43. The van der Waals surface area contributed by atoms with E-state index in [0.29, 0.717) is 17.5 Å². The third-order valence-electron chi connectivity index (χ3n) is 9.92. The third kappa shape index (κ3) is 5.54. The summed E-state index contributed by atoms with van der Waals surface area (Å²) >= 11 is 0. The Morgan fingerprint density at radius 1 is 0.302 bits per heavy atom. The van der Waals surface area contributed by atoms with Crippen LogP contribution in [0.4, 0.5) is 0 Å². The van der Waals surface area contributed by atoms with Gasteiger partial charge in [-0.2, -0.15) is 0 Å². The van der Waals surface area contributed by atoms with E-state index in [4.69, 9.17) is 19.4 Å². The van der Waals surface area contributed by atoms with Gasteiger partial charge in [-0.25, -0.2) is 15.0 Å². The van der Waals surface area contributed by atoms with Crippen molar-refractivity contribution in [2.45, 2.75) is 0 Å². The van der Waals surface area contributed by atoms with Crippen LogP contribution in [0.25, 0.3) is 100 Å². The van der Waals surface area contributed by atoms with E-state index in [9.17, 15) is 0 Å². The molecule has 0 spiro atoms. The van der Waals surface area contributed by atoms with Gasteiger partial charge in [0.25, 0.3) is 0 Å². The SMILES string of the molecule is c1ccc(-c2cccc(-c3nc(-c4cccc(-c5ccccc5)c4)nc(-c4cc5c6ccccc6oc5c5c(-c6ccccc6)cccc45)n3)c2)cc1. The number of fused-ring (bicyclic) bond motifs is 5. The molecule has 0 aliphatic heterocycles. The predicted octanol–water partition coefficient (Wildman–Crippen LogP) is 12.9. The fourth-order valence-electron chi connectivity index (χ4n) is 7.37. The van der Waals surface area contributed by atoms with E-state index in [1.165, 1.54) is 0 Å². The van der Waals surface area contributed by atoms with E-state index in [1.54, 1.807) is 0 Å². The van der Waals surface area contributed by atoms with E-state index in [2.05, 4.69) is 158 Å². The van der Waals surface area contributed by atoms with Gasteiger partial charge in [0.15, 0.2) is 17.5 Å². The summed E-state index contributed by atoms with van der Waals surface area (Å²) < 4.78 is 6.66. The van der Waals surface area contributed by atoms with Crippen LogP contribution in [-0.2, 0) is 0 Å². The minimum absolute atomic E-state index is 0.600. The molecule has 0 unspecified atom stereocenters. The van der Waals surface area contributed by atoms with Crippen molar-refractivity contribution in [1.29, 1.82) is 0 Å². The Morgan fingerprint density at radius 2 is 0.774 bits per heavy atom. The van der Waals surface area contributed by atoms with Crippen LogP contribution in [0.15, 0.2) is 192 Å². The Kier molecular flexibility index (Phi) is 7.43. The monoisotopic (exact) mass is 677 g/mol. The average molecular weight is 678 g/mol. The number of nitrogens with zero attached hydrogens (tertiary/aromatic N) is 3. The van der Waals surface area contributed by atoms with Gasteiger partial charge in [0.1, 0.15) is 11.2 Å². The first kappa shape index (κ1) is 30.6. The van der Waals surface area contributed by atoms with E-state index in [0.717, 1.165) is 82.8 Å². The molecule has 0 amide bonds. The molecule has 10 rings (SSSR count). The summed E-state index contributed by atoms with van der Waals surface area (Å²) in [6.45, 7) is 0. The fraction of sp³-hybridized carbons (Fsp3) is 0. The molecule has 4 heteroatoms. The molecule has 0 fully saturated rings. The minimum atomic E-state index is 0.600. The Balaban J connectivity index is 1.26. The largest absolute Gasteiger partial charge is 0.455 e. The standard InChI is InChI=1S/C49H31N3O/c1-4-15-32(16-5-1)35-21-12-23-37(29-35)47-50-48(38-24-13-22-36(30-38)33-17-6-2-7-18-33)52-49(51-47)43-31-42-40-25-10-11-28-44(40)53-46(42)45-39(26-14-27-41(43)45)34-19-8-3-9-20-34/h1-31H. The van der Waals surface area contributed by atoms with Gasteiger partial charge >= 0.3 is 0 Å². The van der Waals surface area contributed by atoms with Gasteiger partial charge in [-0.3, -0.25) is 0 Å². The maximum Gasteiger partial charge on any atom is 0.164 e. The molecule has 2 heterocycles. The molecule has 53 heavy (non-hydrogen) atoms. The Hall–Kier alpha value is -7.17. The fourth-order valence-corrected chi connectivity index (χ4v) is 7.37. The van der Waals surface area contributed by atoms with Gasteiger partial charge in [-0.1, -0.05) is 164 Å². The lowest BCUT2D eigenvalue weighted by molar-refractivity contribution is 0.673. The van der Waals surface area contributed by atoms with Gasteiger partial charge in [-0.05, 0) is 63.0 Å². The number of aromatic nitrogens is 3. The van der Waals surface area contributed by atoms with Gasteiger partial charge in [0.2, 0.25) is 0 Å². The molecule has 0 saturated carbocycles. The van der Waals surface area contributed by atoms with Gasteiger partial charge in [0.05, 0.1) is 0 Å². The van der Waals surface area contributed by atoms with E-state index in [1.807, 2.05) is 30.3 Å². The number of furan rings is 1. The van der Waals surface area contributed by atoms with Crippen LogP contribution in [0.2, 0.25) is 0 Å².